The second-order valence-electron chi connectivity index (χ2n) is 11.3. The van der Waals surface area contributed by atoms with Crippen LogP contribution in [0.5, 0.6) is 0 Å². The molecule has 37 heavy (non-hydrogen) atoms. The number of rotatable bonds is 8. The zero-order valence-electron chi connectivity index (χ0n) is 22.6. The van der Waals surface area contributed by atoms with Gasteiger partial charge in [0.2, 0.25) is 5.91 Å². The van der Waals surface area contributed by atoms with Crippen LogP contribution in [-0.2, 0) is 11.3 Å². The lowest BCUT2D eigenvalue weighted by atomic mass is 9.90. The van der Waals surface area contributed by atoms with Crippen LogP contribution in [0.3, 0.4) is 0 Å². The minimum absolute atomic E-state index is 0.0391. The number of benzene rings is 1. The number of carbonyl (C=O) groups is 2. The predicted octanol–water partition coefficient (Wildman–Crippen LogP) is 3.91. The highest BCUT2D eigenvalue weighted by Gasteiger charge is 2.39. The predicted molar refractivity (Wildman–Crippen MR) is 147 cm³/mol. The monoisotopic (exact) mass is 505 g/mol. The van der Waals surface area contributed by atoms with E-state index in [2.05, 4.69) is 60.2 Å². The van der Waals surface area contributed by atoms with Crippen molar-refractivity contribution < 1.29 is 9.59 Å². The normalized spacial score (nSPS) is 24.3. The van der Waals surface area contributed by atoms with E-state index in [1.54, 1.807) is 29.4 Å². The Morgan fingerprint density at radius 2 is 1.86 bits per heavy atom. The van der Waals surface area contributed by atoms with Gasteiger partial charge in [-0.05, 0) is 74.6 Å². The van der Waals surface area contributed by atoms with E-state index in [1.807, 2.05) is 0 Å². The molecular weight excluding hydrogens is 462 g/mol. The highest BCUT2D eigenvalue weighted by Crippen LogP contribution is 2.27. The second kappa shape index (κ2) is 12.7. The lowest BCUT2D eigenvalue weighted by Crippen LogP contribution is -2.59. The summed E-state index contributed by atoms with van der Waals surface area (Å²) in [4.78, 5) is 35.7. The van der Waals surface area contributed by atoms with Gasteiger partial charge in [0.15, 0.2) is 0 Å². The Morgan fingerprint density at radius 3 is 2.54 bits per heavy atom. The average Bonchev–Trinajstić information content (AvgIpc) is 2.90. The Hall–Kier alpha value is -2.77. The molecule has 1 saturated heterocycles. The van der Waals surface area contributed by atoms with E-state index >= 15 is 0 Å². The fraction of sp³-hybridized carbons (Fsp3) is 0.567. The van der Waals surface area contributed by atoms with E-state index in [0.29, 0.717) is 24.4 Å². The Kier molecular flexibility index (Phi) is 9.33. The van der Waals surface area contributed by atoms with Gasteiger partial charge in [0.25, 0.3) is 5.91 Å². The smallest absolute Gasteiger partial charge is 0.256 e. The maximum Gasteiger partial charge on any atom is 0.256 e. The summed E-state index contributed by atoms with van der Waals surface area (Å²) in [5.74, 6) is 0.340. The van der Waals surface area contributed by atoms with Crippen molar-refractivity contribution in [3.05, 3.63) is 65.5 Å². The molecule has 1 aliphatic carbocycles. The van der Waals surface area contributed by atoms with Crippen LogP contribution in [0.25, 0.3) is 0 Å². The topological polar surface area (TPSA) is 91.6 Å². The number of aryl methyl sites for hydroxylation is 1. The third-order valence-corrected chi connectivity index (χ3v) is 7.92. The molecule has 2 heterocycles. The first-order valence-electron chi connectivity index (χ1n) is 13.9. The Morgan fingerprint density at radius 1 is 1.11 bits per heavy atom. The lowest BCUT2D eigenvalue weighted by molar-refractivity contribution is -0.128. The van der Waals surface area contributed by atoms with Crippen LogP contribution in [0.4, 0.5) is 0 Å². The van der Waals surface area contributed by atoms with Crippen LogP contribution in [0.1, 0.15) is 73.9 Å². The van der Waals surface area contributed by atoms with Gasteiger partial charge in [-0.1, -0.05) is 38.1 Å². The molecule has 1 aliphatic heterocycles. The van der Waals surface area contributed by atoms with E-state index in [0.717, 1.165) is 45.2 Å². The van der Waals surface area contributed by atoms with Gasteiger partial charge < -0.3 is 16.0 Å². The molecule has 1 aromatic carbocycles. The van der Waals surface area contributed by atoms with E-state index in [9.17, 15) is 9.59 Å². The number of piperidine rings is 1. The molecular formula is C30H43N5O2. The third-order valence-electron chi connectivity index (χ3n) is 7.92. The summed E-state index contributed by atoms with van der Waals surface area (Å²) in [6.07, 6.45) is 8.36. The molecule has 0 radical (unpaired) electrons. The molecule has 0 spiro atoms. The van der Waals surface area contributed by atoms with Gasteiger partial charge in [-0.25, -0.2) is 0 Å². The number of amides is 2. The fourth-order valence-electron chi connectivity index (χ4n) is 5.80. The van der Waals surface area contributed by atoms with Crippen molar-refractivity contribution in [2.45, 2.75) is 90.0 Å². The van der Waals surface area contributed by atoms with Gasteiger partial charge in [-0.15, -0.1) is 0 Å². The molecule has 2 aromatic rings. The summed E-state index contributed by atoms with van der Waals surface area (Å²) in [6.45, 7) is 8.98. The standard InChI is InChI=1S/C30H43N5O2/c1-21(2)19-34(20-24-8-5-4-7-22(24)3)27-14-16-35(30(37)23-9-6-15-32-18-23)28(17-27)29(36)33-26-12-10-25(31)11-13-26/h4-9,15,18,21,25-28H,10-14,16-17,19-20,31H2,1-3H3,(H,33,36)/t25?,26?,27?,28-/m1/s1. The highest BCUT2D eigenvalue weighted by molar-refractivity contribution is 5.97. The van der Waals surface area contributed by atoms with E-state index in [4.69, 9.17) is 5.73 Å². The van der Waals surface area contributed by atoms with E-state index < -0.39 is 6.04 Å². The van der Waals surface area contributed by atoms with Crippen LogP contribution in [-0.4, -0.2) is 63.9 Å². The van der Waals surface area contributed by atoms with Crippen molar-refractivity contribution >= 4 is 11.8 Å². The molecule has 2 fully saturated rings. The number of aromatic nitrogens is 1. The maximum atomic E-state index is 13.7. The van der Waals surface area contributed by atoms with Gasteiger partial charge in [0.05, 0.1) is 5.56 Å². The molecule has 1 aromatic heterocycles. The SMILES string of the molecule is Cc1ccccc1CN(CC(C)C)C1CCN(C(=O)c2cccnc2)[C@@H](C(=O)NC2CCC(N)CC2)C1. The van der Waals surface area contributed by atoms with Crippen LogP contribution in [0.2, 0.25) is 0 Å². The number of hydrogen-bond donors (Lipinski definition) is 2. The summed E-state index contributed by atoms with van der Waals surface area (Å²) in [5.41, 5.74) is 9.21. The van der Waals surface area contributed by atoms with E-state index in [-0.39, 0.29) is 29.9 Å². The van der Waals surface area contributed by atoms with Crippen molar-refractivity contribution in [3.8, 4) is 0 Å². The Bertz CT molecular complexity index is 1040. The van der Waals surface area contributed by atoms with Crippen LogP contribution < -0.4 is 11.1 Å². The first-order chi connectivity index (χ1) is 17.8. The molecule has 1 saturated carbocycles. The van der Waals surface area contributed by atoms with Gasteiger partial charge >= 0.3 is 0 Å². The molecule has 4 rings (SSSR count). The van der Waals surface area contributed by atoms with Crippen LogP contribution in [0.15, 0.2) is 48.8 Å². The summed E-state index contributed by atoms with van der Waals surface area (Å²) < 4.78 is 0. The number of carbonyl (C=O) groups excluding carboxylic acids is 2. The van der Waals surface area contributed by atoms with Gasteiger partial charge in [-0.2, -0.15) is 0 Å². The summed E-state index contributed by atoms with van der Waals surface area (Å²) in [6, 6.07) is 12.1. The van der Waals surface area contributed by atoms with Gasteiger partial charge in [0, 0.05) is 50.2 Å². The first kappa shape index (κ1) is 27.3. The number of nitrogens with one attached hydrogen (secondary N) is 1. The molecule has 0 bridgehead atoms. The molecule has 2 atom stereocenters. The minimum Gasteiger partial charge on any atom is -0.352 e. The second-order valence-corrected chi connectivity index (χ2v) is 11.3. The van der Waals surface area contributed by atoms with Gasteiger partial charge in [0.1, 0.15) is 6.04 Å². The van der Waals surface area contributed by atoms with Crippen molar-refractivity contribution in [1.82, 2.24) is 20.1 Å². The van der Waals surface area contributed by atoms with E-state index in [1.165, 1.54) is 11.1 Å². The van der Waals surface area contributed by atoms with Crippen molar-refractivity contribution in [3.63, 3.8) is 0 Å². The van der Waals surface area contributed by atoms with Crippen molar-refractivity contribution in [2.24, 2.45) is 11.7 Å². The lowest BCUT2D eigenvalue weighted by Gasteiger charge is -2.44. The molecule has 3 N–H and O–H groups in total. The number of nitrogens with two attached hydrogens (primary N) is 1. The number of likely N-dealkylation sites (tertiary alicyclic amines) is 1. The summed E-state index contributed by atoms with van der Waals surface area (Å²) >= 11 is 0. The summed E-state index contributed by atoms with van der Waals surface area (Å²) in [7, 11) is 0. The zero-order valence-corrected chi connectivity index (χ0v) is 22.6. The van der Waals surface area contributed by atoms with Gasteiger partial charge in [-0.3, -0.25) is 19.5 Å². The summed E-state index contributed by atoms with van der Waals surface area (Å²) in [5, 5.41) is 3.28. The van der Waals surface area contributed by atoms with Crippen molar-refractivity contribution in [1.29, 1.82) is 0 Å². The maximum absolute atomic E-state index is 13.7. The Balaban J connectivity index is 1.55. The van der Waals surface area contributed by atoms with Crippen molar-refractivity contribution in [2.75, 3.05) is 13.1 Å². The molecule has 1 unspecified atom stereocenters. The number of pyridine rings is 1. The molecule has 7 heteroatoms. The third kappa shape index (κ3) is 7.17. The molecule has 7 nitrogen and oxygen atoms in total. The first-order valence-corrected chi connectivity index (χ1v) is 13.9. The van der Waals surface area contributed by atoms with Crippen LogP contribution in [0, 0.1) is 12.8 Å². The largest absolute Gasteiger partial charge is 0.352 e. The number of nitrogens with zero attached hydrogens (tertiary/aromatic N) is 3. The minimum atomic E-state index is -0.506. The molecule has 2 amide bonds. The average molecular weight is 506 g/mol. The molecule has 200 valence electrons. The number of hydrogen-bond acceptors (Lipinski definition) is 5. The Labute approximate surface area is 221 Å². The highest BCUT2D eigenvalue weighted by atomic mass is 16.2. The molecule has 2 aliphatic rings. The fourth-order valence-corrected chi connectivity index (χ4v) is 5.80. The van der Waals surface area contributed by atoms with Crippen LogP contribution >= 0.6 is 0 Å². The quantitative estimate of drug-likeness (QED) is 0.568. The zero-order chi connectivity index (χ0) is 26.4.